The van der Waals surface area contributed by atoms with Gasteiger partial charge in [-0.05, 0) is 32.6 Å². The van der Waals surface area contributed by atoms with Crippen LogP contribution in [0.4, 0.5) is 0 Å². The fraction of sp³-hybridized carbons (Fsp3) is 0.722. The Morgan fingerprint density at radius 1 is 1.26 bits per heavy atom. The van der Waals surface area contributed by atoms with E-state index in [1.807, 2.05) is 6.92 Å². The van der Waals surface area contributed by atoms with Gasteiger partial charge >= 0.3 is 0 Å². The molecule has 1 heterocycles. The lowest BCUT2D eigenvalue weighted by Gasteiger charge is -2.20. The molecule has 0 aliphatic carbocycles. The van der Waals surface area contributed by atoms with Crippen molar-refractivity contribution in [2.24, 2.45) is 17.6 Å². The van der Waals surface area contributed by atoms with Crippen LogP contribution in [0, 0.1) is 11.8 Å². The molecule has 1 amide bonds. The Labute approximate surface area is 139 Å². The van der Waals surface area contributed by atoms with Crippen LogP contribution in [0.2, 0.25) is 0 Å². The van der Waals surface area contributed by atoms with E-state index in [1.54, 1.807) is 6.92 Å². The van der Waals surface area contributed by atoms with Crippen molar-refractivity contribution in [3.63, 3.8) is 0 Å². The normalized spacial score (nSPS) is 15.1. The van der Waals surface area contributed by atoms with Crippen molar-refractivity contribution >= 4 is 11.7 Å². The molecule has 130 valence electrons. The standard InChI is InChI=1S/C18H31N3O2/c1-5-7-8-20-9-10-21(13-20)17(6-2)12-16(18(19)23)11-14(3)15(4)22/h9-10,13-14,16-17H,5-8,11-12H2,1-4H3,(H-,19,23)/p+1. The number of aromatic nitrogens is 2. The molecule has 0 aliphatic heterocycles. The molecule has 5 nitrogen and oxygen atoms in total. The number of amides is 1. The first-order valence-corrected chi connectivity index (χ1v) is 8.75. The number of primary amides is 1. The Kier molecular flexibility index (Phi) is 8.00. The Balaban J connectivity index is 2.76. The van der Waals surface area contributed by atoms with Crippen molar-refractivity contribution in [3.05, 3.63) is 18.7 Å². The fourth-order valence-electron chi connectivity index (χ4n) is 2.85. The van der Waals surface area contributed by atoms with Crippen molar-refractivity contribution in [3.8, 4) is 0 Å². The summed E-state index contributed by atoms with van der Waals surface area (Å²) in [6.45, 7) is 8.75. The molecule has 3 atom stereocenters. The molecule has 3 unspecified atom stereocenters. The van der Waals surface area contributed by atoms with E-state index in [2.05, 4.69) is 41.7 Å². The summed E-state index contributed by atoms with van der Waals surface area (Å²) in [4.78, 5) is 23.3. The van der Waals surface area contributed by atoms with E-state index in [1.165, 1.54) is 6.42 Å². The molecular weight excluding hydrogens is 290 g/mol. The molecule has 1 aromatic heterocycles. The van der Waals surface area contributed by atoms with E-state index in [4.69, 9.17) is 5.73 Å². The summed E-state index contributed by atoms with van der Waals surface area (Å²) < 4.78 is 4.35. The first-order valence-electron chi connectivity index (χ1n) is 8.75. The summed E-state index contributed by atoms with van der Waals surface area (Å²) in [6.07, 6.45) is 10.7. The lowest BCUT2D eigenvalue weighted by atomic mass is 9.87. The lowest BCUT2D eigenvalue weighted by Crippen LogP contribution is -2.32. The first-order chi connectivity index (χ1) is 10.9. The second-order valence-electron chi connectivity index (χ2n) is 6.60. The highest BCUT2D eigenvalue weighted by Crippen LogP contribution is 2.25. The summed E-state index contributed by atoms with van der Waals surface area (Å²) in [5, 5.41) is 0. The average molecular weight is 322 g/mol. The van der Waals surface area contributed by atoms with Gasteiger partial charge in [0.2, 0.25) is 12.2 Å². The summed E-state index contributed by atoms with van der Waals surface area (Å²) in [5.41, 5.74) is 5.57. The number of imidazole rings is 1. The lowest BCUT2D eigenvalue weighted by molar-refractivity contribution is -0.697. The predicted molar refractivity (Wildman–Crippen MR) is 90.6 cm³/mol. The van der Waals surface area contributed by atoms with Crippen LogP contribution >= 0.6 is 0 Å². The molecule has 0 aromatic carbocycles. The molecule has 5 heteroatoms. The van der Waals surface area contributed by atoms with Crippen molar-refractivity contribution in [2.45, 2.75) is 72.4 Å². The largest absolute Gasteiger partial charge is 0.369 e. The highest BCUT2D eigenvalue weighted by molar-refractivity contribution is 5.80. The third kappa shape index (κ3) is 6.16. The molecule has 0 saturated carbocycles. The van der Waals surface area contributed by atoms with E-state index in [0.717, 1.165) is 19.4 Å². The number of unbranched alkanes of at least 4 members (excludes halogenated alkanes) is 1. The van der Waals surface area contributed by atoms with Gasteiger partial charge in [-0.15, -0.1) is 0 Å². The van der Waals surface area contributed by atoms with Crippen molar-refractivity contribution < 1.29 is 14.2 Å². The molecular formula is C18H32N3O2+. The van der Waals surface area contributed by atoms with Crippen LogP contribution in [0.3, 0.4) is 0 Å². The van der Waals surface area contributed by atoms with Gasteiger partial charge in [0.25, 0.3) is 0 Å². The van der Waals surface area contributed by atoms with Gasteiger partial charge in [-0.1, -0.05) is 27.2 Å². The maximum Gasteiger partial charge on any atom is 0.243 e. The van der Waals surface area contributed by atoms with Gasteiger partial charge < -0.3 is 5.73 Å². The number of carbonyl (C=O) groups excluding carboxylic acids is 2. The quantitative estimate of drug-likeness (QED) is 0.636. The number of carbonyl (C=O) groups is 2. The Morgan fingerprint density at radius 3 is 2.48 bits per heavy atom. The Morgan fingerprint density at radius 2 is 1.96 bits per heavy atom. The average Bonchev–Trinajstić information content (AvgIpc) is 2.97. The predicted octanol–water partition coefficient (Wildman–Crippen LogP) is 2.63. The van der Waals surface area contributed by atoms with Gasteiger partial charge in [-0.25, -0.2) is 9.13 Å². The molecule has 0 fully saturated rings. The van der Waals surface area contributed by atoms with Gasteiger partial charge in [-0.2, -0.15) is 0 Å². The molecule has 0 saturated heterocycles. The minimum atomic E-state index is -0.303. The maximum absolute atomic E-state index is 11.8. The van der Waals surface area contributed by atoms with Gasteiger partial charge in [0.15, 0.2) is 0 Å². The van der Waals surface area contributed by atoms with Gasteiger partial charge in [0.1, 0.15) is 24.2 Å². The highest BCUT2D eigenvalue weighted by atomic mass is 16.1. The molecule has 0 aliphatic rings. The minimum absolute atomic E-state index is 0.114. The number of hydrogen-bond donors (Lipinski definition) is 1. The topological polar surface area (TPSA) is 69.0 Å². The van der Waals surface area contributed by atoms with Crippen LogP contribution in [-0.2, 0) is 16.1 Å². The summed E-state index contributed by atoms with van der Waals surface area (Å²) in [5.74, 6) is -0.570. The minimum Gasteiger partial charge on any atom is -0.369 e. The fourth-order valence-corrected chi connectivity index (χ4v) is 2.85. The van der Waals surface area contributed by atoms with E-state index in [9.17, 15) is 9.59 Å². The van der Waals surface area contributed by atoms with E-state index >= 15 is 0 Å². The number of Topliss-reactive ketones (excluding diaryl/α,β-unsaturated/α-hetero) is 1. The van der Waals surface area contributed by atoms with Gasteiger partial charge in [0.05, 0.1) is 6.54 Å². The number of nitrogens with zero attached hydrogens (tertiary/aromatic N) is 2. The zero-order valence-electron chi connectivity index (χ0n) is 15.0. The van der Waals surface area contributed by atoms with Crippen molar-refractivity contribution in [2.75, 3.05) is 0 Å². The smallest absolute Gasteiger partial charge is 0.243 e. The second kappa shape index (κ2) is 9.48. The monoisotopic (exact) mass is 322 g/mol. The summed E-state index contributed by atoms with van der Waals surface area (Å²) >= 11 is 0. The molecule has 0 radical (unpaired) electrons. The SMILES string of the molecule is CCCC[n+]1ccn(C(CC)CC(CC(C)C(C)=O)C(N)=O)c1. The zero-order valence-corrected chi connectivity index (χ0v) is 15.0. The van der Waals surface area contributed by atoms with Crippen molar-refractivity contribution in [1.82, 2.24) is 4.57 Å². The summed E-state index contributed by atoms with van der Waals surface area (Å²) in [6, 6.07) is 0.231. The van der Waals surface area contributed by atoms with Crippen LogP contribution in [0.1, 0.15) is 65.8 Å². The molecule has 1 aromatic rings. The number of aryl methyl sites for hydroxylation is 1. The number of nitrogens with two attached hydrogens (primary N) is 1. The van der Waals surface area contributed by atoms with Crippen LogP contribution in [0.25, 0.3) is 0 Å². The van der Waals surface area contributed by atoms with Crippen LogP contribution in [0.15, 0.2) is 18.7 Å². The van der Waals surface area contributed by atoms with E-state index < -0.39 is 0 Å². The van der Waals surface area contributed by atoms with Crippen LogP contribution < -0.4 is 10.3 Å². The molecule has 1 rings (SSSR count). The number of rotatable bonds is 11. The summed E-state index contributed by atoms with van der Waals surface area (Å²) in [7, 11) is 0. The number of ketones is 1. The number of hydrogen-bond acceptors (Lipinski definition) is 2. The van der Waals surface area contributed by atoms with E-state index in [0.29, 0.717) is 12.8 Å². The van der Waals surface area contributed by atoms with Crippen LogP contribution in [-0.4, -0.2) is 16.3 Å². The maximum atomic E-state index is 11.8. The third-order valence-corrected chi connectivity index (χ3v) is 4.67. The van der Waals surface area contributed by atoms with Crippen molar-refractivity contribution in [1.29, 1.82) is 0 Å². The Hall–Kier alpha value is -1.65. The molecule has 0 bridgehead atoms. The Bertz CT molecular complexity index is 510. The molecule has 23 heavy (non-hydrogen) atoms. The molecule has 2 N–H and O–H groups in total. The van der Waals surface area contributed by atoms with Gasteiger partial charge in [-0.3, -0.25) is 9.59 Å². The van der Waals surface area contributed by atoms with Gasteiger partial charge in [0, 0.05) is 11.8 Å². The second-order valence-corrected chi connectivity index (χ2v) is 6.60. The first kappa shape index (κ1) is 19.4. The third-order valence-electron chi connectivity index (χ3n) is 4.67. The highest BCUT2D eigenvalue weighted by Gasteiger charge is 2.27. The zero-order chi connectivity index (χ0) is 17.4. The van der Waals surface area contributed by atoms with Crippen LogP contribution in [0.5, 0.6) is 0 Å². The van der Waals surface area contributed by atoms with E-state index in [-0.39, 0.29) is 29.6 Å². The molecule has 0 spiro atoms.